The number of nitrogens with zero attached hydrogens (tertiary/aromatic N) is 1. The summed E-state index contributed by atoms with van der Waals surface area (Å²) in [6.45, 7) is 15.5. The first-order chi connectivity index (χ1) is 12.5. The van der Waals surface area contributed by atoms with Crippen LogP contribution in [0.2, 0.25) is 0 Å². The van der Waals surface area contributed by atoms with Crippen molar-refractivity contribution in [3.8, 4) is 23.7 Å². The van der Waals surface area contributed by atoms with Crippen molar-refractivity contribution < 1.29 is 8.42 Å². The number of hydrogen-bond donors (Lipinski definition) is 1. The highest BCUT2D eigenvalue weighted by atomic mass is 32.2. The Labute approximate surface area is 164 Å². The summed E-state index contributed by atoms with van der Waals surface area (Å²) >= 11 is 0. The summed E-state index contributed by atoms with van der Waals surface area (Å²) in [5.41, 5.74) is 2.94. The van der Waals surface area contributed by atoms with Crippen molar-refractivity contribution in [3.63, 3.8) is 0 Å². The molecule has 0 aliphatic carbocycles. The van der Waals surface area contributed by atoms with Crippen LogP contribution in [0.5, 0.6) is 0 Å². The smallest absolute Gasteiger partial charge is 0.200 e. The van der Waals surface area contributed by atoms with E-state index in [4.69, 9.17) is 0 Å². The Hall–Kier alpha value is -2.24. The normalized spacial score (nSPS) is 10.9. The Kier molecular flexibility index (Phi) is 8.13. The second-order valence-corrected chi connectivity index (χ2v) is 8.90. The van der Waals surface area contributed by atoms with Crippen LogP contribution in [-0.4, -0.2) is 14.1 Å². The van der Waals surface area contributed by atoms with Crippen molar-refractivity contribution in [2.75, 3.05) is 0 Å². The summed E-state index contributed by atoms with van der Waals surface area (Å²) < 4.78 is 26.3. The molecule has 146 valence electrons. The van der Waals surface area contributed by atoms with E-state index in [1.54, 1.807) is 13.8 Å². The molecule has 27 heavy (non-hydrogen) atoms. The van der Waals surface area contributed by atoms with Crippen molar-refractivity contribution in [3.05, 3.63) is 28.8 Å². The predicted molar refractivity (Wildman–Crippen MR) is 113 cm³/mol. The van der Waals surface area contributed by atoms with Crippen LogP contribution in [0.1, 0.15) is 89.8 Å². The second kappa shape index (κ2) is 9.62. The van der Waals surface area contributed by atoms with E-state index in [-0.39, 0.29) is 17.5 Å². The molecule has 1 N–H and O–H groups in total. The minimum atomic E-state index is -3.86. The van der Waals surface area contributed by atoms with Crippen LogP contribution < -0.4 is 4.83 Å². The largest absolute Gasteiger partial charge is 0.277 e. The highest BCUT2D eigenvalue weighted by Crippen LogP contribution is 2.34. The van der Waals surface area contributed by atoms with E-state index in [1.165, 1.54) is 0 Å². The van der Waals surface area contributed by atoms with Gasteiger partial charge in [0.25, 0.3) is 10.0 Å². The minimum absolute atomic E-state index is 0.0575. The quantitative estimate of drug-likeness (QED) is 0.436. The van der Waals surface area contributed by atoms with E-state index in [9.17, 15) is 8.42 Å². The first-order valence-corrected chi connectivity index (χ1v) is 10.7. The predicted octanol–water partition coefficient (Wildman–Crippen LogP) is 4.74. The van der Waals surface area contributed by atoms with Crippen LogP contribution in [0.4, 0.5) is 0 Å². The number of benzene rings is 1. The molecule has 0 heterocycles. The molecule has 1 rings (SSSR count). The molecular formula is C22H30N2O2S. The molecule has 1 aromatic rings. The lowest BCUT2D eigenvalue weighted by molar-refractivity contribution is 0.579. The van der Waals surface area contributed by atoms with E-state index in [0.29, 0.717) is 10.8 Å². The molecule has 5 heteroatoms. The molecule has 1 aromatic carbocycles. The van der Waals surface area contributed by atoms with E-state index in [0.717, 1.165) is 16.7 Å². The summed E-state index contributed by atoms with van der Waals surface area (Å²) in [5.74, 6) is 11.2. The first kappa shape index (κ1) is 22.8. The molecule has 0 saturated heterocycles. The Morgan fingerprint density at radius 1 is 0.889 bits per heavy atom. The van der Waals surface area contributed by atoms with Crippen LogP contribution in [0.15, 0.2) is 22.1 Å². The van der Waals surface area contributed by atoms with E-state index in [1.807, 2.05) is 39.8 Å². The molecular weight excluding hydrogens is 356 g/mol. The average Bonchev–Trinajstić information content (AvgIpc) is 2.58. The highest BCUT2D eigenvalue weighted by Gasteiger charge is 2.26. The van der Waals surface area contributed by atoms with Gasteiger partial charge in [0, 0.05) is 0 Å². The van der Waals surface area contributed by atoms with Crippen LogP contribution in [-0.2, 0) is 10.0 Å². The fraction of sp³-hybridized carbons (Fsp3) is 0.500. The number of nitrogens with one attached hydrogen (secondary N) is 1. The second-order valence-electron chi connectivity index (χ2n) is 7.30. The van der Waals surface area contributed by atoms with Gasteiger partial charge in [-0.25, -0.2) is 0 Å². The molecule has 0 fully saturated rings. The fourth-order valence-corrected chi connectivity index (χ4v) is 4.19. The molecule has 0 saturated carbocycles. The Morgan fingerprint density at radius 3 is 1.67 bits per heavy atom. The lowest BCUT2D eigenvalue weighted by atomic mass is 9.89. The van der Waals surface area contributed by atoms with E-state index >= 15 is 0 Å². The SMILES string of the molecule is CC#CC(C#CC)=NNS(=O)(=O)c1c(C(C)C)cc(C(C)C)cc1C(C)C. The lowest BCUT2D eigenvalue weighted by Crippen LogP contribution is -2.24. The maximum absolute atomic E-state index is 13.2. The van der Waals surface area contributed by atoms with Crippen molar-refractivity contribution in [1.29, 1.82) is 0 Å². The van der Waals surface area contributed by atoms with Crippen LogP contribution in [0.25, 0.3) is 0 Å². The highest BCUT2D eigenvalue weighted by molar-refractivity contribution is 7.89. The molecule has 0 spiro atoms. The number of sulfonamides is 1. The molecule has 0 radical (unpaired) electrons. The fourth-order valence-electron chi connectivity index (χ4n) is 2.68. The van der Waals surface area contributed by atoms with Gasteiger partial charge in [0.1, 0.15) is 0 Å². The van der Waals surface area contributed by atoms with E-state index in [2.05, 4.69) is 47.5 Å². The number of hydrogen-bond acceptors (Lipinski definition) is 3. The Bertz CT molecular complexity index is 881. The van der Waals surface area contributed by atoms with Crippen molar-refractivity contribution in [1.82, 2.24) is 4.83 Å². The number of rotatable bonds is 6. The third kappa shape index (κ3) is 5.88. The maximum Gasteiger partial charge on any atom is 0.277 e. The summed E-state index contributed by atoms with van der Waals surface area (Å²) in [6.07, 6.45) is 0. The number of hydrazone groups is 1. The molecule has 0 atom stereocenters. The zero-order valence-corrected chi connectivity index (χ0v) is 18.4. The van der Waals surface area contributed by atoms with Gasteiger partial charge in [-0.1, -0.05) is 65.5 Å². The van der Waals surface area contributed by atoms with Gasteiger partial charge in [0.2, 0.25) is 0 Å². The van der Waals surface area contributed by atoms with Crippen molar-refractivity contribution in [2.24, 2.45) is 5.10 Å². The molecule has 0 aliphatic rings. The standard InChI is InChI=1S/C22H30N2O2S/c1-9-11-19(12-10-2)23-24-27(25,26)22-20(16(5)6)13-18(15(3)4)14-21(22)17(7)8/h13-17,24H,1-8H3. The first-order valence-electron chi connectivity index (χ1n) is 9.17. The van der Waals surface area contributed by atoms with Gasteiger partial charge in [-0.15, -0.1) is 5.10 Å². The van der Waals surface area contributed by atoms with Crippen LogP contribution >= 0.6 is 0 Å². The van der Waals surface area contributed by atoms with Gasteiger partial charge in [0.05, 0.1) is 4.90 Å². The Balaban J connectivity index is 3.67. The third-order valence-corrected chi connectivity index (χ3v) is 5.45. The van der Waals surface area contributed by atoms with Gasteiger partial charge in [-0.3, -0.25) is 0 Å². The van der Waals surface area contributed by atoms with E-state index < -0.39 is 10.0 Å². The maximum atomic E-state index is 13.2. The van der Waals surface area contributed by atoms with Crippen LogP contribution in [0, 0.1) is 23.7 Å². The molecule has 0 bridgehead atoms. The van der Waals surface area contributed by atoms with Gasteiger partial charge in [0.15, 0.2) is 5.71 Å². The van der Waals surface area contributed by atoms with Gasteiger partial charge < -0.3 is 0 Å². The lowest BCUT2D eigenvalue weighted by Gasteiger charge is -2.22. The molecule has 0 unspecified atom stereocenters. The van der Waals surface area contributed by atoms with Crippen molar-refractivity contribution in [2.45, 2.75) is 78.0 Å². The average molecular weight is 387 g/mol. The van der Waals surface area contributed by atoms with Gasteiger partial charge >= 0.3 is 0 Å². The zero-order valence-electron chi connectivity index (χ0n) is 17.6. The summed E-state index contributed by atoms with van der Waals surface area (Å²) in [5, 5.41) is 3.94. The summed E-state index contributed by atoms with van der Waals surface area (Å²) in [4.78, 5) is 2.65. The third-order valence-electron chi connectivity index (χ3n) is 4.11. The Morgan fingerprint density at radius 2 is 1.33 bits per heavy atom. The topological polar surface area (TPSA) is 58.5 Å². The molecule has 0 aromatic heterocycles. The molecule has 4 nitrogen and oxygen atoms in total. The minimum Gasteiger partial charge on any atom is -0.200 e. The summed E-state index contributed by atoms with van der Waals surface area (Å²) in [7, 11) is -3.86. The molecule has 0 aliphatic heterocycles. The summed E-state index contributed by atoms with van der Waals surface area (Å²) in [6, 6.07) is 4.00. The van der Waals surface area contributed by atoms with Crippen molar-refractivity contribution >= 4 is 15.7 Å². The monoisotopic (exact) mass is 386 g/mol. The zero-order chi connectivity index (χ0) is 20.8. The van der Waals surface area contributed by atoms with Gasteiger partial charge in [-0.05, 0) is 60.1 Å². The van der Waals surface area contributed by atoms with Crippen LogP contribution in [0.3, 0.4) is 0 Å². The molecule has 0 amide bonds. The van der Waals surface area contributed by atoms with Gasteiger partial charge in [-0.2, -0.15) is 13.2 Å².